The van der Waals surface area contributed by atoms with Crippen LogP contribution in [0.3, 0.4) is 0 Å². The van der Waals surface area contributed by atoms with Crippen molar-refractivity contribution in [3.05, 3.63) is 21.4 Å². The van der Waals surface area contributed by atoms with Crippen LogP contribution in [-0.2, 0) is 6.42 Å². The number of hydrogen-bond acceptors (Lipinski definition) is 2. The summed E-state index contributed by atoms with van der Waals surface area (Å²) in [5, 5.41) is 3.33. The fourth-order valence-electron chi connectivity index (χ4n) is 1.42. The molecule has 0 aliphatic rings. The van der Waals surface area contributed by atoms with E-state index < -0.39 is 0 Å². The zero-order valence-electron chi connectivity index (χ0n) is 9.19. The second-order valence-electron chi connectivity index (χ2n) is 4.25. The molecule has 1 heterocycles. The second kappa shape index (κ2) is 3.81. The highest BCUT2D eigenvalue weighted by Crippen LogP contribution is 2.24. The van der Waals surface area contributed by atoms with Gasteiger partial charge in [0.2, 0.25) is 0 Å². The molecule has 0 spiro atoms. The van der Waals surface area contributed by atoms with Crippen LogP contribution in [0.2, 0.25) is 0 Å². The van der Waals surface area contributed by atoms with Crippen molar-refractivity contribution < 1.29 is 0 Å². The van der Waals surface area contributed by atoms with Gasteiger partial charge >= 0.3 is 0 Å². The largest absolute Gasteiger partial charge is 0.314 e. The Morgan fingerprint density at radius 2 is 2.00 bits per heavy atom. The zero-order valence-corrected chi connectivity index (χ0v) is 10.0. The molecule has 0 aliphatic heterocycles. The Morgan fingerprint density at radius 3 is 2.38 bits per heavy atom. The van der Waals surface area contributed by atoms with Crippen LogP contribution < -0.4 is 5.32 Å². The molecule has 0 atom stereocenters. The lowest BCUT2D eigenvalue weighted by molar-refractivity contribution is 0.422. The Balaban J connectivity index is 2.79. The van der Waals surface area contributed by atoms with Crippen molar-refractivity contribution in [1.82, 2.24) is 5.32 Å². The molecule has 0 saturated carbocycles. The van der Waals surface area contributed by atoms with Gasteiger partial charge in [0, 0.05) is 15.3 Å². The van der Waals surface area contributed by atoms with Crippen LogP contribution in [0.25, 0.3) is 0 Å². The average Bonchev–Trinajstić information content (AvgIpc) is 2.30. The molecule has 1 nitrogen and oxygen atoms in total. The maximum Gasteiger partial charge on any atom is 0.0162 e. The Morgan fingerprint density at radius 1 is 1.38 bits per heavy atom. The van der Waals surface area contributed by atoms with Crippen LogP contribution in [0.1, 0.15) is 29.2 Å². The number of likely N-dealkylation sites (N-methyl/N-ethyl adjacent to an activating group) is 1. The van der Waals surface area contributed by atoms with Gasteiger partial charge in [0.25, 0.3) is 0 Å². The summed E-state index contributed by atoms with van der Waals surface area (Å²) in [6.45, 7) is 8.85. The van der Waals surface area contributed by atoms with Crippen LogP contribution in [0, 0.1) is 13.8 Å². The normalized spacial score (nSPS) is 12.1. The summed E-state index contributed by atoms with van der Waals surface area (Å²) in [6, 6.07) is 2.30. The summed E-state index contributed by atoms with van der Waals surface area (Å²) in [6.07, 6.45) is 1.11. The molecule has 2 heteroatoms. The number of rotatable bonds is 3. The molecule has 13 heavy (non-hydrogen) atoms. The highest BCUT2D eigenvalue weighted by molar-refractivity contribution is 7.12. The Bertz CT molecular complexity index is 286. The average molecular weight is 197 g/mol. The molecular weight excluding hydrogens is 178 g/mol. The van der Waals surface area contributed by atoms with Crippen LogP contribution in [-0.4, -0.2) is 12.6 Å². The number of nitrogens with one attached hydrogen (secondary N) is 1. The predicted molar refractivity (Wildman–Crippen MR) is 60.6 cm³/mol. The van der Waals surface area contributed by atoms with Crippen molar-refractivity contribution in [3.63, 3.8) is 0 Å². The first-order valence-corrected chi connectivity index (χ1v) is 5.51. The third kappa shape index (κ3) is 2.82. The smallest absolute Gasteiger partial charge is 0.0162 e. The minimum atomic E-state index is 0.207. The lowest BCUT2D eigenvalue weighted by atomic mass is 9.95. The van der Waals surface area contributed by atoms with Gasteiger partial charge in [-0.15, -0.1) is 11.3 Å². The van der Waals surface area contributed by atoms with Gasteiger partial charge < -0.3 is 5.32 Å². The van der Waals surface area contributed by atoms with E-state index in [0.29, 0.717) is 0 Å². The van der Waals surface area contributed by atoms with Crippen LogP contribution in [0.5, 0.6) is 0 Å². The molecule has 1 aromatic heterocycles. The molecule has 0 fully saturated rings. The summed E-state index contributed by atoms with van der Waals surface area (Å²) in [4.78, 5) is 2.88. The molecular formula is C11H19NS. The highest BCUT2D eigenvalue weighted by Gasteiger charge is 2.17. The van der Waals surface area contributed by atoms with Gasteiger partial charge in [0.05, 0.1) is 0 Å². The van der Waals surface area contributed by atoms with Crippen molar-refractivity contribution >= 4 is 11.3 Å². The second-order valence-corrected chi connectivity index (χ2v) is 5.71. The van der Waals surface area contributed by atoms with Gasteiger partial charge in [0.1, 0.15) is 0 Å². The van der Waals surface area contributed by atoms with E-state index in [-0.39, 0.29) is 5.54 Å². The van der Waals surface area contributed by atoms with E-state index in [9.17, 15) is 0 Å². The van der Waals surface area contributed by atoms with Crippen molar-refractivity contribution in [2.75, 3.05) is 7.05 Å². The summed E-state index contributed by atoms with van der Waals surface area (Å²) in [7, 11) is 2.02. The fourth-order valence-corrected chi connectivity index (χ4v) is 2.37. The summed E-state index contributed by atoms with van der Waals surface area (Å²) in [5.41, 5.74) is 1.69. The number of aryl methyl sites for hydroxylation is 2. The first-order valence-electron chi connectivity index (χ1n) is 4.69. The maximum absolute atomic E-state index is 3.33. The molecule has 1 rings (SSSR count). The third-order valence-corrected chi connectivity index (χ3v) is 3.46. The summed E-state index contributed by atoms with van der Waals surface area (Å²) in [5.74, 6) is 0. The molecule has 74 valence electrons. The molecule has 0 radical (unpaired) electrons. The van der Waals surface area contributed by atoms with Gasteiger partial charge in [-0.05, 0) is 52.8 Å². The van der Waals surface area contributed by atoms with E-state index in [4.69, 9.17) is 0 Å². The standard InChI is InChI=1S/C11H19NS/c1-8-6-10(9(2)13-8)7-11(3,4)12-5/h6,12H,7H2,1-5H3. The van der Waals surface area contributed by atoms with Gasteiger partial charge in [-0.1, -0.05) is 0 Å². The minimum Gasteiger partial charge on any atom is -0.314 e. The Hall–Kier alpha value is -0.340. The molecule has 0 amide bonds. The van der Waals surface area contributed by atoms with Gasteiger partial charge in [-0.3, -0.25) is 0 Å². The zero-order chi connectivity index (χ0) is 10.1. The highest BCUT2D eigenvalue weighted by atomic mass is 32.1. The van der Waals surface area contributed by atoms with Crippen molar-refractivity contribution in [1.29, 1.82) is 0 Å². The molecule has 0 unspecified atom stereocenters. The lowest BCUT2D eigenvalue weighted by Gasteiger charge is -2.23. The third-order valence-electron chi connectivity index (χ3n) is 2.45. The number of thiophene rings is 1. The topological polar surface area (TPSA) is 12.0 Å². The fraction of sp³-hybridized carbons (Fsp3) is 0.636. The van der Waals surface area contributed by atoms with E-state index in [1.165, 1.54) is 15.3 Å². The molecule has 1 N–H and O–H groups in total. The van der Waals surface area contributed by atoms with Gasteiger partial charge in [-0.25, -0.2) is 0 Å². The predicted octanol–water partition coefficient (Wildman–Crippen LogP) is 2.91. The molecule has 0 bridgehead atoms. The monoisotopic (exact) mass is 197 g/mol. The number of hydrogen-bond donors (Lipinski definition) is 1. The maximum atomic E-state index is 3.33. The SMILES string of the molecule is CNC(C)(C)Cc1cc(C)sc1C. The molecule has 0 aliphatic carbocycles. The molecule has 0 aromatic carbocycles. The van der Waals surface area contributed by atoms with Crippen molar-refractivity contribution in [2.45, 2.75) is 39.7 Å². The Kier molecular flexibility index (Phi) is 3.14. The summed E-state index contributed by atoms with van der Waals surface area (Å²) < 4.78 is 0. The van der Waals surface area contributed by atoms with E-state index in [1.807, 2.05) is 18.4 Å². The van der Waals surface area contributed by atoms with Crippen LogP contribution >= 0.6 is 11.3 Å². The van der Waals surface area contributed by atoms with Crippen molar-refractivity contribution in [3.8, 4) is 0 Å². The van der Waals surface area contributed by atoms with Crippen LogP contribution in [0.15, 0.2) is 6.07 Å². The van der Waals surface area contributed by atoms with Gasteiger partial charge in [-0.2, -0.15) is 0 Å². The van der Waals surface area contributed by atoms with E-state index in [2.05, 4.69) is 39.1 Å². The van der Waals surface area contributed by atoms with Crippen molar-refractivity contribution in [2.24, 2.45) is 0 Å². The summed E-state index contributed by atoms with van der Waals surface area (Å²) >= 11 is 1.89. The van der Waals surface area contributed by atoms with Crippen LogP contribution in [0.4, 0.5) is 0 Å². The molecule has 0 saturated heterocycles. The lowest BCUT2D eigenvalue weighted by Crippen LogP contribution is -2.38. The van der Waals surface area contributed by atoms with Gasteiger partial charge in [0.15, 0.2) is 0 Å². The first kappa shape index (κ1) is 10.7. The quantitative estimate of drug-likeness (QED) is 0.785. The van der Waals surface area contributed by atoms with E-state index in [1.54, 1.807) is 0 Å². The first-order chi connectivity index (χ1) is 5.94. The minimum absolute atomic E-state index is 0.207. The van der Waals surface area contributed by atoms with E-state index >= 15 is 0 Å². The molecule has 1 aromatic rings. The van der Waals surface area contributed by atoms with E-state index in [0.717, 1.165) is 6.42 Å². The Labute approximate surface area is 85.2 Å².